The van der Waals surface area contributed by atoms with E-state index in [4.69, 9.17) is 4.74 Å². The molecule has 2 aromatic carbocycles. The topological polar surface area (TPSA) is 67.8 Å². The quantitative estimate of drug-likeness (QED) is 0.277. The molecule has 1 N–H and O–H groups in total. The van der Waals surface area contributed by atoms with Gasteiger partial charge >= 0.3 is 5.97 Å². The van der Waals surface area contributed by atoms with Gasteiger partial charge in [0, 0.05) is 6.92 Å². The van der Waals surface area contributed by atoms with Crippen molar-refractivity contribution in [2.75, 3.05) is 0 Å². The normalized spacial score (nSPS) is 32.2. The molecular formula is C28H32N2O3. The summed E-state index contributed by atoms with van der Waals surface area (Å²) in [4.78, 5) is 24.3. The van der Waals surface area contributed by atoms with Gasteiger partial charge < -0.3 is 4.74 Å². The van der Waals surface area contributed by atoms with E-state index >= 15 is 0 Å². The van der Waals surface area contributed by atoms with Gasteiger partial charge in [0.15, 0.2) is 0 Å². The van der Waals surface area contributed by atoms with Crippen LogP contribution in [-0.2, 0) is 9.59 Å². The molecule has 172 valence electrons. The minimum absolute atomic E-state index is 0.102. The maximum absolute atomic E-state index is 13.2. The number of ether oxygens (including phenoxy) is 1. The Morgan fingerprint density at radius 3 is 2.03 bits per heavy atom. The van der Waals surface area contributed by atoms with Crippen molar-refractivity contribution < 1.29 is 14.3 Å². The zero-order valence-corrected chi connectivity index (χ0v) is 19.7. The van der Waals surface area contributed by atoms with Crippen LogP contribution in [0.1, 0.15) is 64.9 Å². The van der Waals surface area contributed by atoms with Crippen LogP contribution < -0.4 is 10.2 Å². The predicted molar refractivity (Wildman–Crippen MR) is 129 cm³/mol. The van der Waals surface area contributed by atoms with Gasteiger partial charge in [-0.1, -0.05) is 50.2 Å². The van der Waals surface area contributed by atoms with Crippen molar-refractivity contribution in [1.82, 2.24) is 5.43 Å². The Labute approximate surface area is 195 Å². The van der Waals surface area contributed by atoms with E-state index in [9.17, 15) is 9.59 Å². The number of carbonyl (C=O) groups is 2. The summed E-state index contributed by atoms with van der Waals surface area (Å²) in [6.07, 6.45) is 8.55. The largest absolute Gasteiger partial charge is 0.427 e. The summed E-state index contributed by atoms with van der Waals surface area (Å²) >= 11 is 0. The van der Waals surface area contributed by atoms with Crippen LogP contribution in [0.2, 0.25) is 0 Å². The standard InChI is InChI=1S/C28H32N2O3/c1-19(31)33-24-10-8-23(9-11-24)22-6-4-20(5-7-22)15-29-30-25(32)28-14-21-12-26(2,17-28)16-27(3,13-21)18-28/h4-11,15,21H,12-14,16-18H2,1-3H3,(H,30,32)/b29-15+. The molecule has 5 heteroatoms. The average molecular weight is 445 g/mol. The van der Waals surface area contributed by atoms with Gasteiger partial charge in [-0.15, -0.1) is 0 Å². The predicted octanol–water partition coefficient (Wildman–Crippen LogP) is 5.73. The van der Waals surface area contributed by atoms with E-state index in [1.54, 1.807) is 18.3 Å². The first-order valence-electron chi connectivity index (χ1n) is 11.9. The first-order chi connectivity index (χ1) is 15.7. The van der Waals surface area contributed by atoms with Gasteiger partial charge in [-0.25, -0.2) is 5.43 Å². The first-order valence-corrected chi connectivity index (χ1v) is 11.9. The molecule has 6 rings (SSSR count). The summed E-state index contributed by atoms with van der Waals surface area (Å²) in [6, 6.07) is 15.4. The third-order valence-corrected chi connectivity index (χ3v) is 7.85. The monoisotopic (exact) mass is 444 g/mol. The number of esters is 1. The molecule has 33 heavy (non-hydrogen) atoms. The molecular weight excluding hydrogens is 412 g/mol. The highest BCUT2D eigenvalue weighted by atomic mass is 16.5. The van der Waals surface area contributed by atoms with Crippen LogP contribution in [0.25, 0.3) is 11.1 Å². The van der Waals surface area contributed by atoms with E-state index in [2.05, 4.69) is 24.4 Å². The van der Waals surface area contributed by atoms with Crippen molar-refractivity contribution in [2.45, 2.75) is 59.3 Å². The highest BCUT2D eigenvalue weighted by molar-refractivity contribution is 5.86. The number of rotatable bonds is 5. The zero-order chi connectivity index (χ0) is 23.3. The van der Waals surface area contributed by atoms with Crippen molar-refractivity contribution in [3.05, 3.63) is 54.1 Å². The molecule has 1 amide bonds. The van der Waals surface area contributed by atoms with Crippen LogP contribution in [-0.4, -0.2) is 18.1 Å². The van der Waals surface area contributed by atoms with E-state index < -0.39 is 0 Å². The summed E-state index contributed by atoms with van der Waals surface area (Å²) in [5.41, 5.74) is 6.27. The molecule has 2 unspecified atom stereocenters. The van der Waals surface area contributed by atoms with Gasteiger partial charge in [-0.2, -0.15) is 5.10 Å². The lowest BCUT2D eigenvalue weighted by atomic mass is 9.40. The second kappa shape index (κ2) is 7.82. The second-order valence-electron chi connectivity index (χ2n) is 11.3. The van der Waals surface area contributed by atoms with Gasteiger partial charge in [-0.05, 0) is 84.1 Å². The van der Waals surface area contributed by atoms with Gasteiger partial charge in [-0.3, -0.25) is 9.59 Å². The Balaban J connectivity index is 1.22. The van der Waals surface area contributed by atoms with E-state index in [0.29, 0.717) is 22.5 Å². The Hall–Kier alpha value is -2.95. The Kier molecular flexibility index (Phi) is 5.19. The molecule has 4 saturated carbocycles. The van der Waals surface area contributed by atoms with Gasteiger partial charge in [0.25, 0.3) is 0 Å². The molecule has 0 heterocycles. The van der Waals surface area contributed by atoms with E-state index in [-0.39, 0.29) is 17.3 Å². The lowest BCUT2D eigenvalue weighted by Gasteiger charge is -2.64. The molecule has 4 fully saturated rings. The van der Waals surface area contributed by atoms with Gasteiger partial charge in [0.1, 0.15) is 5.75 Å². The van der Waals surface area contributed by atoms with Crippen molar-refractivity contribution in [2.24, 2.45) is 27.3 Å². The van der Waals surface area contributed by atoms with Crippen molar-refractivity contribution >= 4 is 18.1 Å². The van der Waals surface area contributed by atoms with Crippen molar-refractivity contribution in [3.63, 3.8) is 0 Å². The van der Waals surface area contributed by atoms with Crippen LogP contribution in [0.3, 0.4) is 0 Å². The van der Waals surface area contributed by atoms with Gasteiger partial charge in [0.2, 0.25) is 5.91 Å². The lowest BCUT2D eigenvalue weighted by molar-refractivity contribution is -0.170. The summed E-state index contributed by atoms with van der Waals surface area (Å²) in [5, 5.41) is 4.31. The molecule has 0 aliphatic heterocycles. The number of nitrogens with zero attached hydrogens (tertiary/aromatic N) is 1. The number of hydrazone groups is 1. The summed E-state index contributed by atoms with van der Waals surface area (Å²) < 4.78 is 5.08. The molecule has 0 saturated heterocycles. The smallest absolute Gasteiger partial charge is 0.308 e. The number of carbonyl (C=O) groups excluding carboxylic acids is 2. The molecule has 2 aromatic rings. The Morgan fingerprint density at radius 2 is 1.48 bits per heavy atom. The fourth-order valence-electron chi connectivity index (χ4n) is 7.63. The third-order valence-electron chi connectivity index (χ3n) is 7.85. The van der Waals surface area contributed by atoms with Crippen LogP contribution in [0.4, 0.5) is 0 Å². The summed E-state index contributed by atoms with van der Waals surface area (Å²) in [5.74, 6) is 0.990. The van der Waals surface area contributed by atoms with Crippen molar-refractivity contribution in [3.8, 4) is 16.9 Å². The van der Waals surface area contributed by atoms with E-state index in [0.717, 1.165) is 36.0 Å². The molecule has 4 bridgehead atoms. The molecule has 0 spiro atoms. The number of hydrogen-bond donors (Lipinski definition) is 1. The number of hydrogen-bond acceptors (Lipinski definition) is 4. The van der Waals surface area contributed by atoms with Gasteiger partial charge in [0.05, 0.1) is 11.6 Å². The number of nitrogens with one attached hydrogen (secondary N) is 1. The van der Waals surface area contributed by atoms with Crippen LogP contribution in [0.15, 0.2) is 53.6 Å². The molecule has 2 atom stereocenters. The third kappa shape index (κ3) is 4.33. The average Bonchev–Trinajstić information content (AvgIpc) is 2.72. The summed E-state index contributed by atoms with van der Waals surface area (Å²) in [7, 11) is 0. The highest BCUT2D eigenvalue weighted by Crippen LogP contribution is 2.69. The zero-order valence-electron chi connectivity index (χ0n) is 19.7. The molecule has 5 nitrogen and oxygen atoms in total. The summed E-state index contributed by atoms with van der Waals surface area (Å²) in [6.45, 7) is 6.15. The maximum Gasteiger partial charge on any atom is 0.308 e. The number of amides is 1. The number of benzene rings is 2. The molecule has 4 aliphatic rings. The van der Waals surface area contributed by atoms with Crippen molar-refractivity contribution in [1.29, 1.82) is 0 Å². The second-order valence-corrected chi connectivity index (χ2v) is 11.3. The molecule has 4 aliphatic carbocycles. The van der Waals surface area contributed by atoms with Crippen LogP contribution in [0, 0.1) is 22.2 Å². The van der Waals surface area contributed by atoms with Crippen LogP contribution >= 0.6 is 0 Å². The van der Waals surface area contributed by atoms with E-state index in [1.165, 1.54) is 26.2 Å². The Morgan fingerprint density at radius 1 is 0.909 bits per heavy atom. The first kappa shape index (κ1) is 21.9. The minimum Gasteiger partial charge on any atom is -0.427 e. The molecule has 0 radical (unpaired) electrons. The SMILES string of the molecule is CC(=O)Oc1ccc(-c2ccc(/C=N/NC(=O)C34CC5CC(C)(CC(C)(C5)C3)C4)cc2)cc1. The van der Waals surface area contributed by atoms with E-state index in [1.807, 2.05) is 36.4 Å². The fourth-order valence-corrected chi connectivity index (χ4v) is 7.63. The van der Waals surface area contributed by atoms with Crippen LogP contribution in [0.5, 0.6) is 5.75 Å². The lowest BCUT2D eigenvalue weighted by Crippen LogP contribution is -2.59. The Bertz CT molecular complexity index is 1080. The molecule has 0 aromatic heterocycles. The highest BCUT2D eigenvalue weighted by Gasteiger charge is 2.62. The maximum atomic E-state index is 13.2. The minimum atomic E-state index is -0.329. The fraction of sp³-hybridized carbons (Fsp3) is 0.464.